The van der Waals surface area contributed by atoms with Crippen LogP contribution in [0.2, 0.25) is 0 Å². The van der Waals surface area contributed by atoms with Crippen molar-refractivity contribution < 1.29 is 0 Å². The van der Waals surface area contributed by atoms with Crippen LogP contribution in [0.4, 0.5) is 0 Å². The van der Waals surface area contributed by atoms with Crippen LogP contribution in [0.1, 0.15) is 47.9 Å². The summed E-state index contributed by atoms with van der Waals surface area (Å²) in [7, 11) is 0. The van der Waals surface area contributed by atoms with Gasteiger partial charge in [0.1, 0.15) is 0 Å². The molecule has 0 nitrogen and oxygen atoms in total. The predicted molar refractivity (Wildman–Crippen MR) is 79.1 cm³/mol. The molecule has 2 rings (SSSR count). The number of aryl methyl sites for hydroxylation is 2. The Balaban J connectivity index is 2.40. The summed E-state index contributed by atoms with van der Waals surface area (Å²) in [6.45, 7) is 6.62. The minimum absolute atomic E-state index is 0.539. The molecule has 1 atom stereocenters. The number of rotatable bonds is 4. The van der Waals surface area contributed by atoms with Gasteiger partial charge in [-0.3, -0.25) is 0 Å². The maximum atomic E-state index is 2.28. The van der Waals surface area contributed by atoms with E-state index >= 15 is 0 Å². The van der Waals surface area contributed by atoms with E-state index in [1.165, 1.54) is 35.1 Å². The molecule has 0 aliphatic rings. The highest BCUT2D eigenvalue weighted by Crippen LogP contribution is 2.31. The third kappa shape index (κ3) is 2.81. The van der Waals surface area contributed by atoms with Crippen LogP contribution in [0.3, 0.4) is 0 Å². The van der Waals surface area contributed by atoms with E-state index in [-0.39, 0.29) is 0 Å². The largest absolute Gasteiger partial charge is 0.0653 e. The van der Waals surface area contributed by atoms with Crippen molar-refractivity contribution in [3.63, 3.8) is 0 Å². The van der Waals surface area contributed by atoms with Gasteiger partial charge >= 0.3 is 0 Å². The van der Waals surface area contributed by atoms with E-state index in [0.29, 0.717) is 5.92 Å². The Kier molecular flexibility index (Phi) is 4.19. The second-order valence-electron chi connectivity index (χ2n) is 5.11. The average Bonchev–Trinajstić information content (AvgIpc) is 2.38. The number of hydrogen-bond donors (Lipinski definition) is 0. The quantitative estimate of drug-likeness (QED) is 0.683. The molecule has 18 heavy (non-hydrogen) atoms. The van der Waals surface area contributed by atoms with Crippen molar-refractivity contribution in [2.75, 3.05) is 0 Å². The molecule has 0 aliphatic heterocycles. The Hall–Kier alpha value is -1.56. The fourth-order valence-electron chi connectivity index (χ4n) is 2.57. The third-order valence-electron chi connectivity index (χ3n) is 3.62. The summed E-state index contributed by atoms with van der Waals surface area (Å²) < 4.78 is 0. The average molecular weight is 238 g/mol. The summed E-state index contributed by atoms with van der Waals surface area (Å²) >= 11 is 0. The van der Waals surface area contributed by atoms with Crippen molar-refractivity contribution >= 4 is 0 Å². The second-order valence-corrected chi connectivity index (χ2v) is 5.11. The van der Waals surface area contributed by atoms with Crippen LogP contribution in [0.15, 0.2) is 48.5 Å². The van der Waals surface area contributed by atoms with Crippen LogP contribution >= 0.6 is 0 Å². The zero-order valence-electron chi connectivity index (χ0n) is 11.6. The maximum Gasteiger partial charge on any atom is 0.00918 e. The van der Waals surface area contributed by atoms with Crippen molar-refractivity contribution in [1.29, 1.82) is 0 Å². The van der Waals surface area contributed by atoms with E-state index in [2.05, 4.69) is 69.3 Å². The van der Waals surface area contributed by atoms with E-state index in [4.69, 9.17) is 0 Å². The highest BCUT2D eigenvalue weighted by Gasteiger charge is 2.14. The molecule has 0 radical (unpaired) electrons. The summed E-state index contributed by atoms with van der Waals surface area (Å²) in [6.07, 6.45) is 2.43. The molecule has 0 aliphatic carbocycles. The van der Waals surface area contributed by atoms with E-state index in [1.54, 1.807) is 0 Å². The molecular formula is C18H22. The Morgan fingerprint density at radius 3 is 2.17 bits per heavy atom. The maximum absolute atomic E-state index is 2.28. The molecule has 1 unspecified atom stereocenters. The van der Waals surface area contributed by atoms with Crippen molar-refractivity contribution in [2.24, 2.45) is 0 Å². The molecule has 0 heterocycles. The van der Waals surface area contributed by atoms with E-state index in [0.717, 1.165) is 0 Å². The van der Waals surface area contributed by atoms with Crippen LogP contribution in [-0.2, 0) is 0 Å². The van der Waals surface area contributed by atoms with Gasteiger partial charge in [0.2, 0.25) is 0 Å². The minimum atomic E-state index is 0.539. The van der Waals surface area contributed by atoms with Crippen LogP contribution in [0.5, 0.6) is 0 Å². The molecule has 0 saturated carbocycles. The van der Waals surface area contributed by atoms with Gasteiger partial charge in [0, 0.05) is 5.92 Å². The van der Waals surface area contributed by atoms with Crippen LogP contribution < -0.4 is 0 Å². The Bertz CT molecular complexity index is 494. The lowest BCUT2D eigenvalue weighted by atomic mass is 9.85. The van der Waals surface area contributed by atoms with E-state index in [1.807, 2.05) is 0 Å². The van der Waals surface area contributed by atoms with Crippen LogP contribution in [0, 0.1) is 13.8 Å². The van der Waals surface area contributed by atoms with E-state index < -0.39 is 0 Å². The fourth-order valence-corrected chi connectivity index (χ4v) is 2.57. The van der Waals surface area contributed by atoms with Crippen LogP contribution in [-0.4, -0.2) is 0 Å². The van der Waals surface area contributed by atoms with Crippen molar-refractivity contribution in [2.45, 2.75) is 39.5 Å². The third-order valence-corrected chi connectivity index (χ3v) is 3.62. The molecule has 0 amide bonds. The smallest absolute Gasteiger partial charge is 0.00918 e. The number of benzene rings is 2. The first kappa shape index (κ1) is 12.9. The van der Waals surface area contributed by atoms with Gasteiger partial charge in [-0.15, -0.1) is 0 Å². The molecule has 2 aromatic rings. The molecule has 0 bridgehead atoms. The highest BCUT2D eigenvalue weighted by molar-refractivity contribution is 5.38. The molecule has 0 fully saturated rings. The molecule has 94 valence electrons. The first-order chi connectivity index (χ1) is 8.72. The predicted octanol–water partition coefficient (Wildman–Crippen LogP) is 5.24. The van der Waals surface area contributed by atoms with Crippen LogP contribution in [0.25, 0.3) is 0 Å². The van der Waals surface area contributed by atoms with E-state index in [9.17, 15) is 0 Å². The normalized spacial score (nSPS) is 12.4. The molecule has 0 saturated heterocycles. The Morgan fingerprint density at radius 2 is 1.56 bits per heavy atom. The summed E-state index contributed by atoms with van der Waals surface area (Å²) in [6, 6.07) is 17.8. The Labute approximate surface area is 111 Å². The van der Waals surface area contributed by atoms with Gasteiger partial charge in [-0.1, -0.05) is 67.4 Å². The van der Waals surface area contributed by atoms with Gasteiger partial charge in [-0.25, -0.2) is 0 Å². The Morgan fingerprint density at radius 1 is 0.889 bits per heavy atom. The van der Waals surface area contributed by atoms with Gasteiger partial charge in [-0.05, 0) is 37.0 Å². The molecule has 0 spiro atoms. The molecule has 2 aromatic carbocycles. The fraction of sp³-hybridized carbons (Fsp3) is 0.333. The minimum Gasteiger partial charge on any atom is -0.0653 e. The first-order valence-electron chi connectivity index (χ1n) is 6.84. The number of hydrogen-bond acceptors (Lipinski definition) is 0. The highest BCUT2D eigenvalue weighted by atomic mass is 14.2. The second kappa shape index (κ2) is 5.86. The first-order valence-corrected chi connectivity index (χ1v) is 6.84. The summed E-state index contributed by atoms with van der Waals surface area (Å²) in [5.74, 6) is 0.539. The molecule has 0 N–H and O–H groups in total. The lowest BCUT2D eigenvalue weighted by Crippen LogP contribution is -2.03. The lowest BCUT2D eigenvalue weighted by Gasteiger charge is -2.19. The molecule has 0 aromatic heterocycles. The van der Waals surface area contributed by atoms with Gasteiger partial charge in [0.05, 0.1) is 0 Å². The zero-order valence-corrected chi connectivity index (χ0v) is 11.6. The van der Waals surface area contributed by atoms with Gasteiger partial charge < -0.3 is 0 Å². The standard InChI is InChI=1S/C18H22/c1-4-7-18(16-12-10-14(2)11-13-16)17-9-6-5-8-15(17)3/h5-6,8-13,18H,4,7H2,1-3H3. The molecule has 0 heteroatoms. The van der Waals surface area contributed by atoms with Crippen molar-refractivity contribution in [3.8, 4) is 0 Å². The summed E-state index contributed by atoms with van der Waals surface area (Å²) in [5.41, 5.74) is 5.65. The van der Waals surface area contributed by atoms with Gasteiger partial charge in [0.15, 0.2) is 0 Å². The monoisotopic (exact) mass is 238 g/mol. The van der Waals surface area contributed by atoms with Gasteiger partial charge in [-0.2, -0.15) is 0 Å². The zero-order chi connectivity index (χ0) is 13.0. The molecular weight excluding hydrogens is 216 g/mol. The van der Waals surface area contributed by atoms with Gasteiger partial charge in [0.25, 0.3) is 0 Å². The van der Waals surface area contributed by atoms with Crippen molar-refractivity contribution in [1.82, 2.24) is 0 Å². The lowest BCUT2D eigenvalue weighted by molar-refractivity contribution is 0.694. The topological polar surface area (TPSA) is 0 Å². The van der Waals surface area contributed by atoms with Crippen molar-refractivity contribution in [3.05, 3.63) is 70.8 Å². The summed E-state index contributed by atoms with van der Waals surface area (Å²) in [4.78, 5) is 0. The summed E-state index contributed by atoms with van der Waals surface area (Å²) in [5, 5.41) is 0. The SMILES string of the molecule is CCCC(c1ccc(C)cc1)c1ccccc1C.